The van der Waals surface area contributed by atoms with Crippen molar-refractivity contribution >= 4 is 70.5 Å². The Morgan fingerprint density at radius 1 is 0.484 bits per heavy atom. The summed E-state index contributed by atoms with van der Waals surface area (Å²) in [6.45, 7) is 6.85. The van der Waals surface area contributed by atoms with Gasteiger partial charge in [-0.2, -0.15) is 0 Å². The quantitative estimate of drug-likeness (QED) is 0.166. The maximum atomic E-state index is 6.62. The number of benzene rings is 9. The average molecular weight is 814 g/mol. The van der Waals surface area contributed by atoms with Gasteiger partial charge in [0.15, 0.2) is 0 Å². The van der Waals surface area contributed by atoms with Gasteiger partial charge in [0.25, 0.3) is 0 Å². The second-order valence-corrected chi connectivity index (χ2v) is 18.7. The van der Waals surface area contributed by atoms with E-state index in [-0.39, 0.29) is 5.41 Å². The molecule has 1 aliphatic rings. The van der Waals surface area contributed by atoms with Gasteiger partial charge in [-0.25, -0.2) is 0 Å². The van der Waals surface area contributed by atoms with Gasteiger partial charge in [-0.1, -0.05) is 178 Å². The van der Waals surface area contributed by atoms with Crippen molar-refractivity contribution in [3.8, 4) is 22.3 Å². The zero-order chi connectivity index (χ0) is 41.6. The molecular formula is C59H43NOS. The summed E-state index contributed by atoms with van der Waals surface area (Å²) in [5, 5.41) is 4.74. The Kier molecular flexibility index (Phi) is 8.23. The molecule has 2 aromatic heterocycles. The largest absolute Gasteiger partial charge is 0.456 e. The molecule has 0 radical (unpaired) electrons. The summed E-state index contributed by atoms with van der Waals surface area (Å²) >= 11 is 1.92. The van der Waals surface area contributed by atoms with Gasteiger partial charge in [0.1, 0.15) is 11.2 Å². The van der Waals surface area contributed by atoms with Crippen molar-refractivity contribution in [1.29, 1.82) is 0 Å². The van der Waals surface area contributed by atoms with Crippen LogP contribution in [0.2, 0.25) is 0 Å². The van der Waals surface area contributed by atoms with Crippen molar-refractivity contribution in [1.82, 2.24) is 0 Å². The molecule has 11 aromatic rings. The predicted octanol–water partition coefficient (Wildman–Crippen LogP) is 16.8. The number of hydrogen-bond acceptors (Lipinski definition) is 3. The summed E-state index contributed by atoms with van der Waals surface area (Å²) < 4.78 is 9.17. The van der Waals surface area contributed by atoms with Gasteiger partial charge in [-0.3, -0.25) is 0 Å². The van der Waals surface area contributed by atoms with E-state index in [4.69, 9.17) is 4.42 Å². The molecule has 1 aliphatic carbocycles. The smallest absolute Gasteiger partial charge is 0.137 e. The van der Waals surface area contributed by atoms with Crippen LogP contribution in [0.25, 0.3) is 64.4 Å². The van der Waals surface area contributed by atoms with Crippen molar-refractivity contribution in [2.24, 2.45) is 0 Å². The van der Waals surface area contributed by atoms with Crippen molar-refractivity contribution in [2.45, 2.75) is 31.6 Å². The number of rotatable bonds is 6. The highest BCUT2D eigenvalue weighted by atomic mass is 32.1. The number of fused-ring (bicyclic) bond motifs is 10. The second kappa shape index (κ2) is 13.9. The van der Waals surface area contributed by atoms with Crippen LogP contribution in [0.3, 0.4) is 0 Å². The molecule has 0 atom stereocenters. The Labute approximate surface area is 366 Å². The summed E-state index contributed by atoms with van der Waals surface area (Å²) in [7, 11) is 0. The first-order valence-electron chi connectivity index (χ1n) is 21.5. The molecule has 62 heavy (non-hydrogen) atoms. The molecule has 2 nitrogen and oxygen atoms in total. The predicted molar refractivity (Wildman–Crippen MR) is 263 cm³/mol. The highest BCUT2D eigenvalue weighted by Gasteiger charge is 2.47. The third-order valence-electron chi connectivity index (χ3n) is 13.1. The molecule has 296 valence electrons. The van der Waals surface area contributed by atoms with Gasteiger partial charge in [0, 0.05) is 53.9 Å². The maximum absolute atomic E-state index is 6.62. The Morgan fingerprint density at radius 3 is 1.82 bits per heavy atom. The molecule has 0 N–H and O–H groups in total. The van der Waals surface area contributed by atoms with Crippen LogP contribution in [-0.2, 0) is 10.8 Å². The third kappa shape index (κ3) is 5.48. The minimum Gasteiger partial charge on any atom is -0.456 e. The van der Waals surface area contributed by atoms with E-state index >= 15 is 0 Å². The van der Waals surface area contributed by atoms with E-state index in [9.17, 15) is 0 Å². The Hall–Kier alpha value is -7.20. The van der Waals surface area contributed by atoms with Crippen LogP contribution in [0, 0.1) is 0 Å². The number of hydrogen-bond donors (Lipinski definition) is 0. The molecule has 0 fully saturated rings. The van der Waals surface area contributed by atoms with Crippen LogP contribution < -0.4 is 4.90 Å². The van der Waals surface area contributed by atoms with Gasteiger partial charge in [-0.15, -0.1) is 11.3 Å². The van der Waals surface area contributed by atoms with E-state index in [1.54, 1.807) is 0 Å². The molecule has 0 spiro atoms. The van der Waals surface area contributed by atoms with E-state index < -0.39 is 5.41 Å². The first-order valence-corrected chi connectivity index (χ1v) is 22.3. The second-order valence-electron chi connectivity index (χ2n) is 17.6. The monoisotopic (exact) mass is 813 g/mol. The third-order valence-corrected chi connectivity index (χ3v) is 14.3. The fourth-order valence-corrected chi connectivity index (χ4v) is 11.5. The van der Waals surface area contributed by atoms with Crippen LogP contribution in [-0.4, -0.2) is 0 Å². The van der Waals surface area contributed by atoms with Crippen molar-refractivity contribution in [3.05, 3.63) is 234 Å². The highest BCUT2D eigenvalue weighted by molar-refractivity contribution is 7.26. The van der Waals surface area contributed by atoms with Crippen molar-refractivity contribution < 1.29 is 4.42 Å². The maximum Gasteiger partial charge on any atom is 0.137 e. The van der Waals surface area contributed by atoms with Crippen LogP contribution in [0.15, 0.2) is 211 Å². The Balaban J connectivity index is 1.24. The van der Waals surface area contributed by atoms with Crippen molar-refractivity contribution in [2.75, 3.05) is 4.90 Å². The summed E-state index contributed by atoms with van der Waals surface area (Å²) in [6, 6.07) is 76.1. The lowest BCUT2D eigenvalue weighted by Crippen LogP contribution is -2.28. The topological polar surface area (TPSA) is 16.4 Å². The van der Waals surface area contributed by atoms with Gasteiger partial charge >= 0.3 is 0 Å². The van der Waals surface area contributed by atoms with Crippen molar-refractivity contribution in [3.63, 3.8) is 0 Å². The molecule has 12 rings (SSSR count). The number of nitrogens with zero attached hydrogens (tertiary/aromatic N) is 1. The zero-order valence-corrected chi connectivity index (χ0v) is 35.7. The van der Waals surface area contributed by atoms with Gasteiger partial charge in [0.2, 0.25) is 0 Å². The zero-order valence-electron chi connectivity index (χ0n) is 34.9. The molecule has 0 saturated carbocycles. The van der Waals surface area contributed by atoms with Gasteiger partial charge in [0.05, 0.1) is 11.1 Å². The van der Waals surface area contributed by atoms with Crippen LogP contribution >= 0.6 is 11.3 Å². The van der Waals surface area contributed by atoms with E-state index in [0.29, 0.717) is 0 Å². The minimum atomic E-state index is -0.576. The molecule has 3 heteroatoms. The minimum absolute atomic E-state index is 0.00809. The Bertz CT molecular complexity index is 3440. The molecule has 0 bridgehead atoms. The van der Waals surface area contributed by atoms with E-state index in [1.165, 1.54) is 70.2 Å². The first kappa shape index (κ1) is 36.6. The molecule has 0 unspecified atom stereocenters. The standard InChI is InChI=1S/C59H43NOS/c1-58(2,3)40-28-30-43(31-29-40)60(44-32-34-46-45-23-14-16-26-52(45)61-53(46)36-44)51-37-50-55(57-56(51)48-33-27-39(35-54(48)62-57)38-17-7-4-8-18-38)47-24-13-15-25-49(47)59(50,41-19-9-5-10-20-41)42-21-11-6-12-22-42/h4-37H,1-3H3. The summed E-state index contributed by atoms with van der Waals surface area (Å²) in [5.74, 6) is 0. The highest BCUT2D eigenvalue weighted by Crippen LogP contribution is 2.61. The number of anilines is 3. The first-order chi connectivity index (χ1) is 30.4. The fourth-order valence-electron chi connectivity index (χ4n) is 10.2. The van der Waals surface area contributed by atoms with E-state index in [0.717, 1.165) is 39.0 Å². The van der Waals surface area contributed by atoms with Crippen LogP contribution in [0.1, 0.15) is 48.6 Å². The lowest BCUT2D eigenvalue weighted by atomic mass is 9.67. The molecule has 0 amide bonds. The molecule has 2 heterocycles. The summed E-state index contributed by atoms with van der Waals surface area (Å²) in [5.41, 5.74) is 15.9. The SMILES string of the molecule is CC(C)(C)c1ccc(N(c2ccc3c(c2)oc2ccccc23)c2cc3c(c4sc5cc(-c6ccccc6)ccc5c24)-c2ccccc2C3(c2ccccc2)c2ccccc2)cc1. The number of para-hydroxylation sites is 1. The van der Waals surface area contributed by atoms with Gasteiger partial charge < -0.3 is 9.32 Å². The molecule has 0 aliphatic heterocycles. The lowest BCUT2D eigenvalue weighted by Gasteiger charge is -2.35. The summed E-state index contributed by atoms with van der Waals surface area (Å²) in [4.78, 5) is 2.49. The molecule has 0 saturated heterocycles. The number of thiophene rings is 1. The fraction of sp³-hybridized carbons (Fsp3) is 0.0847. The normalized spacial score (nSPS) is 13.2. The molecular weight excluding hydrogens is 771 g/mol. The summed E-state index contributed by atoms with van der Waals surface area (Å²) in [6.07, 6.45) is 0. The van der Waals surface area contributed by atoms with Crippen LogP contribution in [0.5, 0.6) is 0 Å². The Morgan fingerprint density at radius 2 is 1.10 bits per heavy atom. The number of furan rings is 1. The van der Waals surface area contributed by atoms with E-state index in [2.05, 4.69) is 226 Å². The average Bonchev–Trinajstić information content (AvgIpc) is 3.98. The van der Waals surface area contributed by atoms with Crippen LogP contribution in [0.4, 0.5) is 17.1 Å². The lowest BCUT2D eigenvalue weighted by molar-refractivity contribution is 0.590. The van der Waals surface area contributed by atoms with Gasteiger partial charge in [-0.05, 0) is 92.4 Å². The van der Waals surface area contributed by atoms with E-state index in [1.807, 2.05) is 17.4 Å². The molecule has 9 aromatic carbocycles.